The molecule has 0 fully saturated rings. The lowest BCUT2D eigenvalue weighted by Gasteiger charge is -2.27. The van der Waals surface area contributed by atoms with Gasteiger partial charge < -0.3 is 9.72 Å². The number of carbonyl (C=O) groups excluding carboxylic acids is 1. The summed E-state index contributed by atoms with van der Waals surface area (Å²) in [5, 5.41) is 4.52. The summed E-state index contributed by atoms with van der Waals surface area (Å²) in [5.74, 6) is -0.162. The lowest BCUT2D eigenvalue weighted by atomic mass is 9.95. The highest BCUT2D eigenvalue weighted by atomic mass is 16.5. The standard InChI is InChI=1S/C15H18N2O2/c1-3-19-15(18)13-8-11-10-6-4-5-7-12(10)17-14(11)9(2)16-13/h4-7,9,13,16-17H,3,8H2,1-2H3/t9-,13-/m0/s1. The number of H-pyrrole nitrogens is 1. The quantitative estimate of drug-likeness (QED) is 0.813. The smallest absolute Gasteiger partial charge is 0.323 e. The number of fused-ring (bicyclic) bond motifs is 3. The van der Waals surface area contributed by atoms with Crippen LogP contribution in [0.2, 0.25) is 0 Å². The summed E-state index contributed by atoms with van der Waals surface area (Å²) in [6, 6.07) is 8.10. The maximum Gasteiger partial charge on any atom is 0.323 e. The van der Waals surface area contributed by atoms with Gasteiger partial charge in [0, 0.05) is 29.1 Å². The maximum absolute atomic E-state index is 11.9. The zero-order valence-electron chi connectivity index (χ0n) is 11.2. The number of aromatic amines is 1. The van der Waals surface area contributed by atoms with Crippen molar-refractivity contribution in [2.24, 2.45) is 0 Å². The lowest BCUT2D eigenvalue weighted by Crippen LogP contribution is -2.44. The molecule has 19 heavy (non-hydrogen) atoms. The zero-order valence-corrected chi connectivity index (χ0v) is 11.2. The Morgan fingerprint density at radius 2 is 2.21 bits per heavy atom. The molecule has 1 aliphatic rings. The second-order valence-corrected chi connectivity index (χ2v) is 4.96. The summed E-state index contributed by atoms with van der Waals surface area (Å²) in [4.78, 5) is 15.4. The summed E-state index contributed by atoms with van der Waals surface area (Å²) in [6.07, 6.45) is 0.683. The van der Waals surface area contributed by atoms with E-state index in [0.717, 1.165) is 5.52 Å². The molecule has 0 unspecified atom stereocenters. The van der Waals surface area contributed by atoms with Crippen molar-refractivity contribution >= 4 is 16.9 Å². The van der Waals surface area contributed by atoms with Gasteiger partial charge in [-0.2, -0.15) is 0 Å². The number of hydrogen-bond acceptors (Lipinski definition) is 3. The third-order valence-corrected chi connectivity index (χ3v) is 3.71. The molecule has 1 aromatic heterocycles. The van der Waals surface area contributed by atoms with Gasteiger partial charge in [-0.1, -0.05) is 18.2 Å². The highest BCUT2D eigenvalue weighted by Crippen LogP contribution is 2.31. The molecule has 0 saturated carbocycles. The first-order chi connectivity index (χ1) is 9.20. The summed E-state index contributed by atoms with van der Waals surface area (Å²) in [5.41, 5.74) is 3.55. The lowest BCUT2D eigenvalue weighted by molar-refractivity contribution is -0.146. The first-order valence-electron chi connectivity index (χ1n) is 6.73. The van der Waals surface area contributed by atoms with E-state index < -0.39 is 0 Å². The molecule has 0 spiro atoms. The van der Waals surface area contributed by atoms with Gasteiger partial charge in [0.1, 0.15) is 6.04 Å². The number of carbonyl (C=O) groups is 1. The van der Waals surface area contributed by atoms with Crippen LogP contribution >= 0.6 is 0 Å². The molecule has 0 aliphatic carbocycles. The van der Waals surface area contributed by atoms with Crippen LogP contribution in [-0.2, 0) is 16.0 Å². The van der Waals surface area contributed by atoms with Crippen LogP contribution in [0.4, 0.5) is 0 Å². The van der Waals surface area contributed by atoms with E-state index in [4.69, 9.17) is 4.74 Å². The summed E-state index contributed by atoms with van der Waals surface area (Å²) in [6.45, 7) is 4.33. The van der Waals surface area contributed by atoms with Gasteiger partial charge in [0.05, 0.1) is 6.61 Å². The van der Waals surface area contributed by atoms with Crippen LogP contribution in [0.1, 0.15) is 31.1 Å². The summed E-state index contributed by atoms with van der Waals surface area (Å²) >= 11 is 0. The fraction of sp³-hybridized carbons (Fsp3) is 0.400. The molecule has 2 heterocycles. The van der Waals surface area contributed by atoms with Gasteiger partial charge in [-0.05, 0) is 25.5 Å². The molecule has 0 radical (unpaired) electrons. The Kier molecular flexibility index (Phi) is 3.03. The third-order valence-electron chi connectivity index (χ3n) is 3.71. The molecule has 0 bridgehead atoms. The average Bonchev–Trinajstić information content (AvgIpc) is 2.78. The van der Waals surface area contributed by atoms with Crippen LogP contribution in [0.15, 0.2) is 24.3 Å². The van der Waals surface area contributed by atoms with E-state index in [2.05, 4.69) is 29.4 Å². The number of ether oxygens (including phenoxy) is 1. The summed E-state index contributed by atoms with van der Waals surface area (Å²) < 4.78 is 5.12. The van der Waals surface area contributed by atoms with E-state index in [1.54, 1.807) is 0 Å². The van der Waals surface area contributed by atoms with Gasteiger partial charge in [-0.25, -0.2) is 0 Å². The van der Waals surface area contributed by atoms with Gasteiger partial charge in [-0.3, -0.25) is 10.1 Å². The van der Waals surface area contributed by atoms with Crippen LogP contribution in [0.25, 0.3) is 10.9 Å². The maximum atomic E-state index is 11.9. The van der Waals surface area contributed by atoms with Gasteiger partial charge in [0.2, 0.25) is 0 Å². The first kappa shape index (κ1) is 12.2. The van der Waals surface area contributed by atoms with Crippen LogP contribution < -0.4 is 5.32 Å². The molecule has 1 aromatic carbocycles. The van der Waals surface area contributed by atoms with Crippen molar-refractivity contribution in [3.8, 4) is 0 Å². The van der Waals surface area contributed by atoms with Crippen LogP contribution in [0.3, 0.4) is 0 Å². The molecule has 2 N–H and O–H groups in total. The minimum Gasteiger partial charge on any atom is -0.465 e. The van der Waals surface area contributed by atoms with Crippen LogP contribution in [0, 0.1) is 0 Å². The number of esters is 1. The first-order valence-corrected chi connectivity index (χ1v) is 6.73. The Morgan fingerprint density at radius 1 is 1.42 bits per heavy atom. The molecular weight excluding hydrogens is 240 g/mol. The van der Waals surface area contributed by atoms with E-state index in [0.29, 0.717) is 13.0 Å². The Bertz CT molecular complexity index is 618. The van der Waals surface area contributed by atoms with Crippen molar-refractivity contribution in [3.05, 3.63) is 35.5 Å². The fourth-order valence-corrected chi connectivity index (χ4v) is 2.85. The van der Waals surface area contributed by atoms with E-state index in [1.165, 1.54) is 16.6 Å². The van der Waals surface area contributed by atoms with Crippen LogP contribution in [-0.4, -0.2) is 23.6 Å². The highest BCUT2D eigenvalue weighted by molar-refractivity contribution is 5.87. The molecule has 2 aromatic rings. The van der Waals surface area contributed by atoms with E-state index in [9.17, 15) is 4.79 Å². The van der Waals surface area contributed by atoms with Crippen molar-refractivity contribution in [2.45, 2.75) is 32.4 Å². The number of nitrogens with one attached hydrogen (secondary N) is 2. The van der Waals surface area contributed by atoms with Crippen LogP contribution in [0.5, 0.6) is 0 Å². The van der Waals surface area contributed by atoms with Crippen molar-refractivity contribution < 1.29 is 9.53 Å². The second kappa shape index (κ2) is 4.70. The topological polar surface area (TPSA) is 54.1 Å². The zero-order chi connectivity index (χ0) is 13.4. The largest absolute Gasteiger partial charge is 0.465 e. The number of aromatic nitrogens is 1. The minimum absolute atomic E-state index is 0.130. The van der Waals surface area contributed by atoms with Crippen molar-refractivity contribution in [2.75, 3.05) is 6.61 Å². The molecule has 0 amide bonds. The number of benzene rings is 1. The van der Waals surface area contributed by atoms with E-state index in [1.807, 2.05) is 19.1 Å². The fourth-order valence-electron chi connectivity index (χ4n) is 2.85. The van der Waals surface area contributed by atoms with Gasteiger partial charge in [0.25, 0.3) is 0 Å². The van der Waals surface area contributed by atoms with E-state index in [-0.39, 0.29) is 18.1 Å². The molecular formula is C15H18N2O2. The molecule has 2 atom stereocenters. The monoisotopic (exact) mass is 258 g/mol. The van der Waals surface area contributed by atoms with Crippen molar-refractivity contribution in [1.29, 1.82) is 0 Å². The Labute approximate surface area is 112 Å². The molecule has 4 nitrogen and oxygen atoms in total. The highest BCUT2D eigenvalue weighted by Gasteiger charge is 2.31. The van der Waals surface area contributed by atoms with Gasteiger partial charge in [0.15, 0.2) is 0 Å². The Hall–Kier alpha value is -1.81. The molecule has 4 heteroatoms. The predicted octanol–water partition coefficient (Wildman–Crippen LogP) is 2.31. The molecule has 1 aliphatic heterocycles. The summed E-state index contributed by atoms with van der Waals surface area (Å²) in [7, 11) is 0. The van der Waals surface area contributed by atoms with E-state index >= 15 is 0 Å². The van der Waals surface area contributed by atoms with Crippen molar-refractivity contribution in [1.82, 2.24) is 10.3 Å². The molecule has 3 rings (SSSR count). The normalized spacial score (nSPS) is 22.2. The second-order valence-electron chi connectivity index (χ2n) is 4.96. The third kappa shape index (κ3) is 2.02. The predicted molar refractivity (Wildman–Crippen MR) is 74.0 cm³/mol. The Morgan fingerprint density at radius 3 is 3.00 bits per heavy atom. The minimum atomic E-state index is -0.248. The SMILES string of the molecule is CCOC(=O)[C@@H]1Cc2c([nH]c3ccccc23)[C@H](C)N1. The average molecular weight is 258 g/mol. The van der Waals surface area contributed by atoms with Crippen molar-refractivity contribution in [3.63, 3.8) is 0 Å². The van der Waals surface area contributed by atoms with Gasteiger partial charge in [-0.15, -0.1) is 0 Å². The Balaban J connectivity index is 2.00. The van der Waals surface area contributed by atoms with Gasteiger partial charge >= 0.3 is 5.97 Å². The molecule has 100 valence electrons. The number of rotatable bonds is 2. The number of hydrogen-bond donors (Lipinski definition) is 2. The molecule has 0 saturated heterocycles. The number of para-hydroxylation sites is 1.